The summed E-state index contributed by atoms with van der Waals surface area (Å²) in [5, 5.41) is 6.84. The van der Waals surface area contributed by atoms with E-state index in [4.69, 9.17) is 0 Å². The molecule has 4 nitrogen and oxygen atoms in total. The molecule has 4 rings (SSSR count). The van der Waals surface area contributed by atoms with E-state index in [2.05, 4.69) is 16.8 Å². The molecule has 27 heavy (non-hydrogen) atoms. The average Bonchev–Trinajstić information content (AvgIpc) is 3.34. The maximum atomic E-state index is 13.0. The van der Waals surface area contributed by atoms with Gasteiger partial charge in [-0.2, -0.15) is 0 Å². The van der Waals surface area contributed by atoms with Gasteiger partial charge >= 0.3 is 11.8 Å². The molecule has 1 aliphatic heterocycles. The number of amides is 2. The van der Waals surface area contributed by atoms with E-state index >= 15 is 0 Å². The largest absolute Gasteiger partial charge is 0.322 e. The second kappa shape index (κ2) is 7.29. The summed E-state index contributed by atoms with van der Waals surface area (Å²) in [6.07, 6.45) is 0.789. The van der Waals surface area contributed by atoms with Crippen molar-refractivity contribution in [2.45, 2.75) is 26.3 Å². The van der Waals surface area contributed by atoms with Crippen molar-refractivity contribution in [1.29, 1.82) is 0 Å². The van der Waals surface area contributed by atoms with E-state index in [0.29, 0.717) is 12.2 Å². The number of nitrogens with one attached hydrogen (secondary N) is 1. The quantitative estimate of drug-likeness (QED) is 0.647. The topological polar surface area (TPSA) is 49.4 Å². The van der Waals surface area contributed by atoms with E-state index in [1.165, 1.54) is 4.88 Å². The van der Waals surface area contributed by atoms with Crippen molar-refractivity contribution in [2.75, 3.05) is 11.9 Å². The minimum absolute atomic E-state index is 0.182. The van der Waals surface area contributed by atoms with Crippen LogP contribution in [0.25, 0.3) is 0 Å². The Labute approximate surface area is 166 Å². The molecule has 3 aromatic rings. The molecule has 0 bridgehead atoms. The van der Waals surface area contributed by atoms with Gasteiger partial charge in [-0.15, -0.1) is 22.7 Å². The number of anilines is 1. The van der Waals surface area contributed by atoms with Gasteiger partial charge in [0.15, 0.2) is 0 Å². The molecule has 0 radical (unpaired) electrons. The summed E-state index contributed by atoms with van der Waals surface area (Å²) >= 11 is 3.34. The standard InChI is InChI=1S/C21H20N2O2S2/c1-13-5-6-15(12-14(13)2)22-20(24)21(25)23-9-7-17-16(8-11-27-17)19(23)18-4-3-10-26-18/h3-6,8,10-12,19H,7,9H2,1-2H3,(H,22,24). The van der Waals surface area contributed by atoms with Crippen molar-refractivity contribution < 1.29 is 9.59 Å². The fourth-order valence-corrected chi connectivity index (χ4v) is 5.18. The smallest absolute Gasteiger partial charge is 0.313 e. The molecule has 1 N–H and O–H groups in total. The maximum absolute atomic E-state index is 13.0. The predicted octanol–water partition coefficient (Wildman–Crippen LogP) is 4.54. The zero-order valence-electron chi connectivity index (χ0n) is 15.2. The van der Waals surface area contributed by atoms with Gasteiger partial charge in [0.25, 0.3) is 0 Å². The van der Waals surface area contributed by atoms with Crippen LogP contribution in [0.4, 0.5) is 5.69 Å². The molecule has 0 fully saturated rings. The van der Waals surface area contributed by atoms with Gasteiger partial charge in [-0.3, -0.25) is 9.59 Å². The zero-order valence-corrected chi connectivity index (χ0v) is 16.8. The number of hydrogen-bond donors (Lipinski definition) is 1. The van der Waals surface area contributed by atoms with Gasteiger partial charge in [0.05, 0.1) is 6.04 Å². The number of thiophene rings is 2. The first kappa shape index (κ1) is 17.9. The lowest BCUT2D eigenvalue weighted by Gasteiger charge is -2.35. The van der Waals surface area contributed by atoms with E-state index < -0.39 is 11.8 Å². The fourth-order valence-electron chi connectivity index (χ4n) is 3.42. The number of carbonyl (C=O) groups is 2. The van der Waals surface area contributed by atoms with Gasteiger partial charge in [-0.25, -0.2) is 0 Å². The maximum Gasteiger partial charge on any atom is 0.313 e. The Balaban J connectivity index is 1.60. The lowest BCUT2D eigenvalue weighted by atomic mass is 9.98. The Morgan fingerprint density at radius 3 is 2.67 bits per heavy atom. The highest BCUT2D eigenvalue weighted by Crippen LogP contribution is 2.39. The fraction of sp³-hybridized carbons (Fsp3) is 0.238. The SMILES string of the molecule is Cc1ccc(NC(=O)C(=O)N2CCc3sccc3C2c2cccs2)cc1C. The summed E-state index contributed by atoms with van der Waals surface area (Å²) in [7, 11) is 0. The summed E-state index contributed by atoms with van der Waals surface area (Å²) in [5.74, 6) is -1.07. The molecule has 1 aromatic carbocycles. The monoisotopic (exact) mass is 396 g/mol. The number of hydrogen-bond acceptors (Lipinski definition) is 4. The van der Waals surface area contributed by atoms with Crippen LogP contribution in [0.3, 0.4) is 0 Å². The van der Waals surface area contributed by atoms with Crippen LogP contribution < -0.4 is 5.32 Å². The van der Waals surface area contributed by atoms with Gasteiger partial charge in [0, 0.05) is 22.0 Å². The highest BCUT2D eigenvalue weighted by Gasteiger charge is 2.36. The molecular weight excluding hydrogens is 376 g/mol. The molecule has 1 unspecified atom stereocenters. The molecule has 6 heteroatoms. The van der Waals surface area contributed by atoms with Crippen molar-refractivity contribution in [1.82, 2.24) is 4.90 Å². The molecule has 2 aromatic heterocycles. The highest BCUT2D eigenvalue weighted by atomic mass is 32.1. The first-order chi connectivity index (χ1) is 13.0. The van der Waals surface area contributed by atoms with Gasteiger partial charge < -0.3 is 10.2 Å². The van der Waals surface area contributed by atoms with E-state index in [9.17, 15) is 9.59 Å². The van der Waals surface area contributed by atoms with Crippen LogP contribution in [0.15, 0.2) is 47.2 Å². The molecular formula is C21H20N2O2S2. The van der Waals surface area contributed by atoms with E-state index in [0.717, 1.165) is 28.0 Å². The Morgan fingerprint density at radius 2 is 1.93 bits per heavy atom. The van der Waals surface area contributed by atoms with Crippen LogP contribution >= 0.6 is 22.7 Å². The lowest BCUT2D eigenvalue weighted by Crippen LogP contribution is -2.45. The molecule has 0 aliphatic carbocycles. The Morgan fingerprint density at radius 1 is 1.07 bits per heavy atom. The van der Waals surface area contributed by atoms with Crippen LogP contribution in [-0.2, 0) is 16.0 Å². The number of carbonyl (C=O) groups excluding carboxylic acids is 2. The van der Waals surface area contributed by atoms with E-state index in [1.807, 2.05) is 49.6 Å². The number of aryl methyl sites for hydroxylation is 2. The third-order valence-corrected chi connectivity index (χ3v) is 6.92. The second-order valence-electron chi connectivity index (χ2n) is 6.72. The molecule has 0 saturated carbocycles. The molecule has 138 valence electrons. The molecule has 1 atom stereocenters. The van der Waals surface area contributed by atoms with E-state index in [-0.39, 0.29) is 6.04 Å². The average molecular weight is 397 g/mol. The van der Waals surface area contributed by atoms with Gasteiger partial charge in [0.2, 0.25) is 0 Å². The predicted molar refractivity (Wildman–Crippen MR) is 110 cm³/mol. The number of benzene rings is 1. The van der Waals surface area contributed by atoms with Crippen molar-refractivity contribution in [2.24, 2.45) is 0 Å². The lowest BCUT2D eigenvalue weighted by molar-refractivity contribution is -0.144. The van der Waals surface area contributed by atoms with Crippen LogP contribution in [-0.4, -0.2) is 23.3 Å². The molecule has 0 spiro atoms. The van der Waals surface area contributed by atoms with Gasteiger partial charge in [0.1, 0.15) is 0 Å². The number of nitrogens with zero attached hydrogens (tertiary/aromatic N) is 1. The first-order valence-electron chi connectivity index (χ1n) is 8.83. The van der Waals surface area contributed by atoms with Gasteiger partial charge in [-0.05, 0) is 72.0 Å². The first-order valence-corrected chi connectivity index (χ1v) is 10.6. The second-order valence-corrected chi connectivity index (χ2v) is 8.70. The molecule has 2 amide bonds. The highest BCUT2D eigenvalue weighted by molar-refractivity contribution is 7.10. The van der Waals surface area contributed by atoms with E-state index in [1.54, 1.807) is 27.6 Å². The zero-order chi connectivity index (χ0) is 19.0. The third kappa shape index (κ3) is 3.42. The third-order valence-electron chi connectivity index (χ3n) is 5.00. The van der Waals surface area contributed by atoms with Crippen LogP contribution in [0.5, 0.6) is 0 Å². The molecule has 0 saturated heterocycles. The normalized spacial score (nSPS) is 16.1. The van der Waals surface area contributed by atoms with Crippen molar-refractivity contribution in [3.8, 4) is 0 Å². The number of fused-ring (bicyclic) bond motifs is 1. The Hall–Kier alpha value is -2.44. The van der Waals surface area contributed by atoms with Crippen molar-refractivity contribution >= 4 is 40.2 Å². The number of rotatable bonds is 2. The Bertz CT molecular complexity index is 992. The minimum atomic E-state index is -0.585. The molecule has 1 aliphatic rings. The summed E-state index contributed by atoms with van der Waals surface area (Å²) in [6.45, 7) is 4.56. The van der Waals surface area contributed by atoms with Crippen LogP contribution in [0.1, 0.15) is 32.5 Å². The summed E-state index contributed by atoms with van der Waals surface area (Å²) in [6, 6.07) is 11.6. The summed E-state index contributed by atoms with van der Waals surface area (Å²) in [5.41, 5.74) is 4.02. The van der Waals surface area contributed by atoms with Crippen LogP contribution in [0.2, 0.25) is 0 Å². The molecule has 3 heterocycles. The summed E-state index contributed by atoms with van der Waals surface area (Å²) < 4.78 is 0. The van der Waals surface area contributed by atoms with Crippen LogP contribution in [0, 0.1) is 13.8 Å². The van der Waals surface area contributed by atoms with Crippen molar-refractivity contribution in [3.05, 3.63) is 73.6 Å². The van der Waals surface area contributed by atoms with Crippen molar-refractivity contribution in [3.63, 3.8) is 0 Å². The van der Waals surface area contributed by atoms with Gasteiger partial charge in [-0.1, -0.05) is 12.1 Å². The minimum Gasteiger partial charge on any atom is -0.322 e. The summed E-state index contributed by atoms with van der Waals surface area (Å²) in [4.78, 5) is 29.8. The Kier molecular flexibility index (Phi) is 4.85.